The second kappa shape index (κ2) is 10.2. The monoisotopic (exact) mass is 493 g/mol. The molecule has 0 radical (unpaired) electrons. The second-order valence-electron chi connectivity index (χ2n) is 8.46. The minimum absolute atomic E-state index is 0.0825. The van der Waals surface area contributed by atoms with Crippen LogP contribution in [-0.2, 0) is 16.0 Å². The van der Waals surface area contributed by atoms with Crippen molar-refractivity contribution in [1.29, 1.82) is 0 Å². The van der Waals surface area contributed by atoms with Crippen molar-refractivity contribution in [2.24, 2.45) is 5.10 Å². The van der Waals surface area contributed by atoms with Crippen LogP contribution in [0.2, 0.25) is 0 Å². The molecule has 1 unspecified atom stereocenters. The molecule has 4 rings (SSSR count). The smallest absolute Gasteiger partial charge is 0.326 e. The number of likely N-dealkylation sites (N-methyl/N-ethyl adjacent to an activating group) is 1. The van der Waals surface area contributed by atoms with E-state index in [4.69, 9.17) is 4.74 Å². The quantitative estimate of drug-likeness (QED) is 0.514. The zero-order chi connectivity index (χ0) is 26.0. The lowest BCUT2D eigenvalue weighted by molar-refractivity contribution is -0.139. The molecule has 0 aromatic heterocycles. The second-order valence-corrected chi connectivity index (χ2v) is 8.46. The van der Waals surface area contributed by atoms with Gasteiger partial charge in [-0.2, -0.15) is 5.10 Å². The van der Waals surface area contributed by atoms with Crippen LogP contribution in [0.4, 0.5) is 8.78 Å². The lowest BCUT2D eigenvalue weighted by Crippen LogP contribution is -2.43. The summed E-state index contributed by atoms with van der Waals surface area (Å²) in [5.41, 5.74) is 1.66. The first-order valence-corrected chi connectivity index (χ1v) is 11.3. The molecule has 0 saturated carbocycles. The Kier molecular flexibility index (Phi) is 7.00. The summed E-state index contributed by atoms with van der Waals surface area (Å²) >= 11 is 0. The Hall–Kier alpha value is -4.27. The molecule has 1 heterocycles. The molecule has 0 aliphatic carbocycles. The predicted octanol–water partition coefficient (Wildman–Crippen LogP) is 4.22. The normalized spacial score (nSPS) is 16.2. The number of benzene rings is 3. The Morgan fingerprint density at radius 1 is 1.08 bits per heavy atom. The third kappa shape index (κ3) is 4.64. The highest BCUT2D eigenvalue weighted by Crippen LogP contribution is 2.34. The topological polar surface area (TPSA) is 91.2 Å². The van der Waals surface area contributed by atoms with Gasteiger partial charge in [0.05, 0.1) is 19.4 Å². The molecule has 36 heavy (non-hydrogen) atoms. The summed E-state index contributed by atoms with van der Waals surface area (Å²) in [4.78, 5) is 24.6. The number of nitrogens with zero attached hydrogens (tertiary/aromatic N) is 2. The number of halogens is 2. The third-order valence-corrected chi connectivity index (χ3v) is 6.34. The lowest BCUT2D eigenvalue weighted by Gasteiger charge is -2.30. The van der Waals surface area contributed by atoms with Crippen molar-refractivity contribution >= 4 is 34.4 Å². The van der Waals surface area contributed by atoms with E-state index in [1.54, 1.807) is 25.5 Å². The van der Waals surface area contributed by atoms with Gasteiger partial charge in [0.15, 0.2) is 0 Å². The van der Waals surface area contributed by atoms with E-state index in [0.717, 1.165) is 40.1 Å². The first kappa shape index (κ1) is 24.8. The molecular weight excluding hydrogens is 468 g/mol. The van der Waals surface area contributed by atoms with Gasteiger partial charge >= 0.3 is 5.97 Å². The van der Waals surface area contributed by atoms with Crippen LogP contribution in [-0.4, -0.2) is 54.4 Å². The van der Waals surface area contributed by atoms with E-state index < -0.39 is 35.1 Å². The van der Waals surface area contributed by atoms with E-state index in [-0.39, 0.29) is 12.5 Å². The summed E-state index contributed by atoms with van der Waals surface area (Å²) in [6.07, 6.45) is 1.56. The first-order valence-electron chi connectivity index (χ1n) is 11.3. The number of amides is 1. The minimum atomic E-state index is -1.41. The number of hydrogen-bond acceptors (Lipinski definition) is 5. The molecular formula is C27H25F2N3O4. The number of carbonyl (C=O) groups is 2. The molecule has 3 aromatic carbocycles. The predicted molar refractivity (Wildman–Crippen MR) is 133 cm³/mol. The van der Waals surface area contributed by atoms with Gasteiger partial charge in [-0.3, -0.25) is 9.80 Å². The van der Waals surface area contributed by atoms with Crippen molar-refractivity contribution < 1.29 is 28.2 Å². The van der Waals surface area contributed by atoms with Crippen molar-refractivity contribution in [3.63, 3.8) is 0 Å². The van der Waals surface area contributed by atoms with Crippen molar-refractivity contribution in [3.8, 4) is 0 Å². The molecule has 7 nitrogen and oxygen atoms in total. The number of nitrogens with one attached hydrogen (secondary N) is 1. The zero-order valence-electron chi connectivity index (χ0n) is 20.0. The molecule has 2 atom stereocenters. The van der Waals surface area contributed by atoms with Gasteiger partial charge in [-0.05, 0) is 41.0 Å². The van der Waals surface area contributed by atoms with Gasteiger partial charge in [0.1, 0.15) is 29.0 Å². The SMILES string of the molecule is COC1=C(c2cccc3c(C[C@H](NC(=O)c4c(F)cccc4F)C(=O)O)cccc23)C(C)N(C)N=C1. The summed E-state index contributed by atoms with van der Waals surface area (Å²) in [5.74, 6) is -3.96. The zero-order valence-corrected chi connectivity index (χ0v) is 20.0. The van der Waals surface area contributed by atoms with E-state index >= 15 is 0 Å². The van der Waals surface area contributed by atoms with E-state index in [0.29, 0.717) is 11.3 Å². The molecule has 0 fully saturated rings. The molecule has 2 N–H and O–H groups in total. The molecule has 0 saturated heterocycles. The number of rotatable bonds is 7. The van der Waals surface area contributed by atoms with E-state index in [9.17, 15) is 23.5 Å². The average Bonchev–Trinajstić information content (AvgIpc) is 2.85. The number of hydrazone groups is 1. The highest BCUT2D eigenvalue weighted by molar-refractivity contribution is 6.02. The third-order valence-electron chi connectivity index (χ3n) is 6.34. The highest BCUT2D eigenvalue weighted by Gasteiger charge is 2.27. The minimum Gasteiger partial charge on any atom is -0.495 e. The Balaban J connectivity index is 1.72. The van der Waals surface area contributed by atoms with Crippen LogP contribution >= 0.6 is 0 Å². The number of carbonyl (C=O) groups excluding carboxylic acids is 1. The van der Waals surface area contributed by atoms with E-state index in [2.05, 4.69) is 10.4 Å². The molecule has 0 bridgehead atoms. The number of hydrogen-bond donors (Lipinski definition) is 2. The Morgan fingerprint density at radius 3 is 2.39 bits per heavy atom. The summed E-state index contributed by atoms with van der Waals surface area (Å²) in [6.45, 7) is 2.01. The van der Waals surface area contributed by atoms with Gasteiger partial charge in [-0.1, -0.05) is 42.5 Å². The Bertz CT molecular complexity index is 1380. The fraction of sp³-hybridized carbons (Fsp3) is 0.222. The fourth-order valence-corrected chi connectivity index (χ4v) is 4.38. The van der Waals surface area contributed by atoms with Crippen LogP contribution in [0.15, 0.2) is 65.5 Å². The standard InChI is InChI=1S/C27H25F2N3O4/c1-15-24(23(36-3)14-30-32(15)2)19-10-5-8-17-16(7-4-9-18(17)19)13-22(27(34)35)31-26(33)25-20(28)11-6-12-21(25)29/h4-12,14-15,22H,13H2,1-3H3,(H,31,33)(H,34,35)/t15?,22-/m0/s1. The van der Waals surface area contributed by atoms with Gasteiger partial charge in [-0.25, -0.2) is 13.6 Å². The molecule has 1 aliphatic rings. The molecule has 1 aliphatic heterocycles. The largest absolute Gasteiger partial charge is 0.495 e. The Morgan fingerprint density at radius 2 is 1.72 bits per heavy atom. The van der Waals surface area contributed by atoms with Crippen LogP contribution in [0.5, 0.6) is 0 Å². The summed E-state index contributed by atoms with van der Waals surface area (Å²) < 4.78 is 33.7. The van der Waals surface area contributed by atoms with Gasteiger partial charge < -0.3 is 15.2 Å². The van der Waals surface area contributed by atoms with Crippen LogP contribution in [0.25, 0.3) is 16.3 Å². The maximum absolute atomic E-state index is 14.1. The van der Waals surface area contributed by atoms with Crippen LogP contribution in [0, 0.1) is 11.6 Å². The summed E-state index contributed by atoms with van der Waals surface area (Å²) in [6, 6.07) is 12.7. The number of carboxylic acid groups (broad SMARTS) is 1. The molecule has 186 valence electrons. The van der Waals surface area contributed by atoms with Gasteiger partial charge in [0.2, 0.25) is 0 Å². The molecule has 0 spiro atoms. The highest BCUT2D eigenvalue weighted by atomic mass is 19.1. The number of carboxylic acids is 1. The van der Waals surface area contributed by atoms with Gasteiger partial charge in [-0.15, -0.1) is 0 Å². The summed E-state index contributed by atoms with van der Waals surface area (Å²) in [5, 5.41) is 19.8. The maximum Gasteiger partial charge on any atom is 0.326 e. The first-order chi connectivity index (χ1) is 17.2. The van der Waals surface area contributed by atoms with Gasteiger partial charge in [0.25, 0.3) is 5.91 Å². The van der Waals surface area contributed by atoms with E-state index in [1.807, 2.05) is 43.2 Å². The van der Waals surface area contributed by atoms with Crippen LogP contribution in [0.1, 0.15) is 28.4 Å². The van der Waals surface area contributed by atoms with E-state index in [1.165, 1.54) is 0 Å². The number of ether oxygens (including phenoxy) is 1. The number of aliphatic carboxylic acids is 1. The van der Waals surface area contributed by atoms with Crippen molar-refractivity contribution in [3.05, 3.63) is 88.7 Å². The van der Waals surface area contributed by atoms with Crippen molar-refractivity contribution in [2.45, 2.75) is 25.4 Å². The van der Waals surface area contributed by atoms with Crippen LogP contribution < -0.4 is 5.32 Å². The van der Waals surface area contributed by atoms with Crippen molar-refractivity contribution in [2.75, 3.05) is 14.2 Å². The summed E-state index contributed by atoms with van der Waals surface area (Å²) in [7, 11) is 3.44. The van der Waals surface area contributed by atoms with Crippen LogP contribution in [0.3, 0.4) is 0 Å². The molecule has 9 heteroatoms. The Labute approximate surface area is 206 Å². The number of fused-ring (bicyclic) bond motifs is 1. The van der Waals surface area contributed by atoms with Gasteiger partial charge in [0, 0.05) is 19.0 Å². The van der Waals surface area contributed by atoms with Crippen molar-refractivity contribution in [1.82, 2.24) is 10.3 Å². The number of allylic oxidation sites excluding steroid dienone is 1. The number of methoxy groups -OCH3 is 1. The fourth-order valence-electron chi connectivity index (χ4n) is 4.38. The molecule has 1 amide bonds. The maximum atomic E-state index is 14.1. The lowest BCUT2D eigenvalue weighted by atomic mass is 9.89. The molecule has 3 aromatic rings. The average molecular weight is 494 g/mol.